The van der Waals surface area contributed by atoms with Gasteiger partial charge in [-0.05, 0) is 36.0 Å². The van der Waals surface area contributed by atoms with Crippen molar-refractivity contribution in [2.75, 3.05) is 0 Å². The minimum Gasteiger partial charge on any atom is -0.296 e. The summed E-state index contributed by atoms with van der Waals surface area (Å²) in [7, 11) is 0. The first kappa shape index (κ1) is 16.6. The maximum absolute atomic E-state index is 14.6. The molecule has 124 valence electrons. The van der Waals surface area contributed by atoms with Gasteiger partial charge in [-0.2, -0.15) is 0 Å². The van der Waals surface area contributed by atoms with Crippen LogP contribution in [-0.4, -0.2) is 11.5 Å². The summed E-state index contributed by atoms with van der Waals surface area (Å²) >= 11 is 0. The normalized spacial score (nSPS) is 22.3. The molecule has 0 heterocycles. The smallest absolute Gasteiger partial charge is 0.169 e. The quantitative estimate of drug-likeness (QED) is 0.626. The lowest BCUT2D eigenvalue weighted by Crippen LogP contribution is -2.32. The van der Waals surface area contributed by atoms with Gasteiger partial charge in [0.1, 0.15) is 0 Å². The molecule has 0 N–H and O–H groups in total. The van der Waals surface area contributed by atoms with Crippen LogP contribution in [0.2, 0.25) is 0 Å². The molecule has 1 nitrogen and oxygen atoms in total. The Morgan fingerprint density at radius 1 is 1.08 bits per heavy atom. The van der Waals surface area contributed by atoms with Gasteiger partial charge >= 0.3 is 0 Å². The molecule has 2 aromatic carbocycles. The van der Waals surface area contributed by atoms with Gasteiger partial charge in [-0.25, -0.2) is 4.39 Å². The summed E-state index contributed by atoms with van der Waals surface area (Å²) in [6, 6.07) is 18.4. The van der Waals surface area contributed by atoms with Gasteiger partial charge in [-0.3, -0.25) is 4.79 Å². The number of benzene rings is 2. The van der Waals surface area contributed by atoms with Crippen LogP contribution in [0.5, 0.6) is 0 Å². The van der Waals surface area contributed by atoms with Crippen LogP contribution >= 0.6 is 0 Å². The molecule has 0 aliphatic heterocycles. The van der Waals surface area contributed by atoms with E-state index in [9.17, 15) is 9.18 Å². The van der Waals surface area contributed by atoms with Crippen LogP contribution in [0.25, 0.3) is 12.2 Å². The van der Waals surface area contributed by atoms with Crippen LogP contribution in [0.1, 0.15) is 49.3 Å². The first-order valence-electron chi connectivity index (χ1n) is 8.57. The van der Waals surface area contributed by atoms with E-state index in [4.69, 9.17) is 0 Å². The number of Topliss-reactive ketones (excluding diaryl/α,β-unsaturated/α-hetero) is 1. The van der Waals surface area contributed by atoms with Crippen LogP contribution in [0, 0.1) is 5.92 Å². The van der Waals surface area contributed by atoms with E-state index < -0.39 is 5.67 Å². The van der Waals surface area contributed by atoms with E-state index in [2.05, 4.69) is 48.6 Å². The largest absolute Gasteiger partial charge is 0.296 e. The number of alkyl halides is 1. The third-order valence-electron chi connectivity index (χ3n) is 4.99. The van der Waals surface area contributed by atoms with Crippen molar-refractivity contribution in [3.8, 4) is 0 Å². The maximum atomic E-state index is 14.6. The van der Waals surface area contributed by atoms with Crippen molar-refractivity contribution in [1.82, 2.24) is 0 Å². The van der Waals surface area contributed by atoms with E-state index >= 15 is 0 Å². The highest BCUT2D eigenvalue weighted by atomic mass is 19.1. The van der Waals surface area contributed by atoms with Crippen LogP contribution in [0.15, 0.2) is 54.6 Å². The van der Waals surface area contributed by atoms with Crippen molar-refractivity contribution in [1.29, 1.82) is 0 Å². The fourth-order valence-electron chi connectivity index (χ4n) is 3.33. The monoisotopic (exact) mass is 322 g/mol. The molecule has 1 aliphatic rings. The first-order chi connectivity index (χ1) is 11.5. The zero-order valence-corrected chi connectivity index (χ0v) is 14.2. The summed E-state index contributed by atoms with van der Waals surface area (Å²) in [6.45, 7) is 3.17. The average molecular weight is 322 g/mol. The second-order valence-electron chi connectivity index (χ2n) is 6.71. The van der Waals surface area contributed by atoms with Crippen molar-refractivity contribution in [2.45, 2.75) is 38.3 Å². The summed E-state index contributed by atoms with van der Waals surface area (Å²) < 4.78 is 14.6. The van der Waals surface area contributed by atoms with Gasteiger partial charge in [0.15, 0.2) is 11.5 Å². The molecular weight excluding hydrogens is 299 g/mol. The molecule has 3 rings (SSSR count). The number of rotatable bonds is 6. The van der Waals surface area contributed by atoms with Gasteiger partial charge in [0, 0.05) is 12.3 Å². The molecule has 0 spiro atoms. The van der Waals surface area contributed by atoms with Gasteiger partial charge in [0.05, 0.1) is 0 Å². The molecule has 2 heteroatoms. The van der Waals surface area contributed by atoms with Crippen molar-refractivity contribution in [2.24, 2.45) is 5.92 Å². The topological polar surface area (TPSA) is 17.1 Å². The molecule has 3 atom stereocenters. The van der Waals surface area contributed by atoms with Crippen molar-refractivity contribution >= 4 is 17.9 Å². The number of hydrogen-bond donors (Lipinski definition) is 0. The summed E-state index contributed by atoms with van der Waals surface area (Å²) in [5, 5.41) is 0. The molecule has 0 aromatic heterocycles. The summed E-state index contributed by atoms with van der Waals surface area (Å²) in [5.74, 6) is -0.282. The van der Waals surface area contributed by atoms with Crippen molar-refractivity contribution < 1.29 is 9.18 Å². The second kappa shape index (κ2) is 6.72. The Kier molecular flexibility index (Phi) is 4.66. The molecule has 24 heavy (non-hydrogen) atoms. The molecule has 0 bridgehead atoms. The lowest BCUT2D eigenvalue weighted by atomic mass is 9.92. The average Bonchev–Trinajstić information content (AvgIpc) is 3.42. The van der Waals surface area contributed by atoms with Crippen LogP contribution in [-0.2, 0) is 4.79 Å². The zero-order valence-electron chi connectivity index (χ0n) is 14.2. The Morgan fingerprint density at radius 3 is 2.25 bits per heavy atom. The van der Waals surface area contributed by atoms with Gasteiger partial charge in [-0.15, -0.1) is 0 Å². The second-order valence-corrected chi connectivity index (χ2v) is 6.71. The Morgan fingerprint density at radius 2 is 1.67 bits per heavy atom. The van der Waals surface area contributed by atoms with Crippen LogP contribution in [0.3, 0.4) is 0 Å². The lowest BCUT2D eigenvalue weighted by molar-refractivity contribution is -0.130. The summed E-state index contributed by atoms with van der Waals surface area (Å²) in [4.78, 5) is 11.8. The number of carbonyl (C=O) groups is 1. The molecule has 1 aliphatic carbocycles. The van der Waals surface area contributed by atoms with E-state index in [1.54, 1.807) is 6.92 Å². The van der Waals surface area contributed by atoms with E-state index in [1.165, 1.54) is 6.92 Å². The minimum absolute atomic E-state index is 0.169. The summed E-state index contributed by atoms with van der Waals surface area (Å²) in [5.41, 5.74) is 1.72. The number of ketones is 1. The molecule has 1 fully saturated rings. The molecule has 1 saturated carbocycles. The van der Waals surface area contributed by atoms with Crippen LogP contribution in [0.4, 0.5) is 4.39 Å². The Hall–Kier alpha value is -2.22. The highest BCUT2D eigenvalue weighted by molar-refractivity contribution is 5.87. The fourth-order valence-corrected chi connectivity index (χ4v) is 3.33. The highest BCUT2D eigenvalue weighted by Crippen LogP contribution is 2.55. The molecular formula is C22H23FO. The molecule has 3 unspecified atom stereocenters. The highest BCUT2D eigenvalue weighted by Gasteiger charge is 2.54. The maximum Gasteiger partial charge on any atom is 0.169 e. The predicted molar refractivity (Wildman–Crippen MR) is 97.5 cm³/mol. The number of halogens is 1. The Balaban J connectivity index is 1.66. The minimum atomic E-state index is -1.69. The third kappa shape index (κ3) is 3.48. The van der Waals surface area contributed by atoms with Crippen LogP contribution < -0.4 is 0 Å². The molecule has 2 aromatic rings. The van der Waals surface area contributed by atoms with Gasteiger partial charge in [0.25, 0.3) is 0 Å². The first-order valence-corrected chi connectivity index (χ1v) is 8.57. The Bertz CT molecular complexity index is 728. The predicted octanol–water partition coefficient (Wildman–Crippen LogP) is 5.67. The molecule has 0 saturated heterocycles. The Labute approximate surface area is 143 Å². The van der Waals surface area contributed by atoms with Gasteiger partial charge in [-0.1, -0.05) is 73.7 Å². The van der Waals surface area contributed by atoms with E-state index in [-0.39, 0.29) is 24.0 Å². The molecule has 0 radical (unpaired) electrons. The van der Waals surface area contributed by atoms with Crippen molar-refractivity contribution in [3.05, 3.63) is 71.3 Å². The zero-order chi connectivity index (χ0) is 17.2. The SMILES string of the molecule is CCC(=O)C(C)(F)C1CC1c1ccc(/C=C/c2ccccc2)cc1. The van der Waals surface area contributed by atoms with E-state index in [0.717, 1.165) is 23.1 Å². The number of carbonyl (C=O) groups excluding carboxylic acids is 1. The summed E-state index contributed by atoms with van der Waals surface area (Å²) in [6.07, 6.45) is 5.17. The van der Waals surface area contributed by atoms with Gasteiger partial charge in [0.2, 0.25) is 0 Å². The lowest BCUT2D eigenvalue weighted by Gasteiger charge is -2.18. The third-order valence-corrected chi connectivity index (χ3v) is 4.99. The standard InChI is InChI=1S/C22H23FO/c1-3-21(24)22(2,23)20-15-19(20)18-13-11-17(12-14-18)10-9-16-7-5-4-6-8-16/h4-14,19-20H,3,15H2,1-2H3/b10-9+. The number of hydrogen-bond acceptors (Lipinski definition) is 1. The fraction of sp³-hybridized carbons (Fsp3) is 0.318. The molecule has 0 amide bonds. The van der Waals surface area contributed by atoms with Crippen molar-refractivity contribution in [3.63, 3.8) is 0 Å². The van der Waals surface area contributed by atoms with Gasteiger partial charge < -0.3 is 0 Å². The van der Waals surface area contributed by atoms with E-state index in [1.807, 2.05) is 18.2 Å². The van der Waals surface area contributed by atoms with E-state index in [0.29, 0.717) is 0 Å².